The standard InChI is InChI=1S/C20H23BrN2O2/c1-14-2-4-19-17(10-14)18-11-15(21)3-5-20(18)23(19)13-16(24)12-22-6-8-25-9-7-22/h2-5,10-11,16,24H,6-9,12-13H2,1H3. The third-order valence-corrected chi connectivity index (χ3v) is 5.44. The summed E-state index contributed by atoms with van der Waals surface area (Å²) in [6, 6.07) is 12.9. The summed E-state index contributed by atoms with van der Waals surface area (Å²) in [5, 5.41) is 13.2. The van der Waals surface area contributed by atoms with E-state index >= 15 is 0 Å². The summed E-state index contributed by atoms with van der Waals surface area (Å²) >= 11 is 3.59. The molecule has 1 aliphatic rings. The Morgan fingerprint density at radius 3 is 2.48 bits per heavy atom. The summed E-state index contributed by atoms with van der Waals surface area (Å²) in [6.07, 6.45) is -0.401. The highest BCUT2D eigenvalue weighted by Crippen LogP contribution is 2.32. The molecule has 4 rings (SSSR count). The van der Waals surface area contributed by atoms with Crippen molar-refractivity contribution in [2.75, 3.05) is 32.8 Å². The number of ether oxygens (including phenoxy) is 1. The lowest BCUT2D eigenvalue weighted by Crippen LogP contribution is -2.42. The minimum absolute atomic E-state index is 0.401. The predicted molar refractivity (Wildman–Crippen MR) is 105 cm³/mol. The molecule has 1 unspecified atom stereocenters. The first-order chi connectivity index (χ1) is 12.1. The van der Waals surface area contributed by atoms with Gasteiger partial charge in [-0.05, 0) is 37.3 Å². The number of rotatable bonds is 4. The molecule has 0 spiro atoms. The number of hydrogen-bond acceptors (Lipinski definition) is 3. The lowest BCUT2D eigenvalue weighted by Gasteiger charge is -2.28. The molecule has 1 aromatic heterocycles. The fourth-order valence-electron chi connectivity index (χ4n) is 3.74. The van der Waals surface area contributed by atoms with Gasteiger partial charge in [0.05, 0.1) is 25.9 Å². The Labute approximate surface area is 156 Å². The number of benzene rings is 2. The monoisotopic (exact) mass is 402 g/mol. The molecule has 0 amide bonds. The number of nitrogens with zero attached hydrogens (tertiary/aromatic N) is 2. The van der Waals surface area contributed by atoms with Crippen molar-refractivity contribution in [3.8, 4) is 0 Å². The molecule has 1 saturated heterocycles. The number of hydrogen-bond donors (Lipinski definition) is 1. The fourth-order valence-corrected chi connectivity index (χ4v) is 4.10. The van der Waals surface area contributed by atoms with Gasteiger partial charge in [-0.25, -0.2) is 0 Å². The highest BCUT2D eigenvalue weighted by atomic mass is 79.9. The summed E-state index contributed by atoms with van der Waals surface area (Å²) in [6.45, 7) is 6.72. The number of halogens is 1. The fraction of sp³-hybridized carbons (Fsp3) is 0.400. The van der Waals surface area contributed by atoms with Gasteiger partial charge in [0.25, 0.3) is 0 Å². The van der Waals surface area contributed by atoms with Crippen LogP contribution in [0.4, 0.5) is 0 Å². The predicted octanol–water partition coefficient (Wildman–Crippen LogP) is 3.56. The van der Waals surface area contributed by atoms with Crippen molar-refractivity contribution in [2.24, 2.45) is 0 Å². The summed E-state index contributed by atoms with van der Waals surface area (Å²) < 4.78 is 8.72. The third-order valence-electron chi connectivity index (χ3n) is 4.95. The maximum atomic E-state index is 10.7. The van der Waals surface area contributed by atoms with E-state index in [1.54, 1.807) is 0 Å². The molecule has 1 aliphatic heterocycles. The Morgan fingerprint density at radius 1 is 1.04 bits per heavy atom. The quantitative estimate of drug-likeness (QED) is 0.724. The highest BCUT2D eigenvalue weighted by Gasteiger charge is 2.18. The molecule has 5 heteroatoms. The Kier molecular flexibility index (Phi) is 4.82. The van der Waals surface area contributed by atoms with Crippen LogP contribution < -0.4 is 0 Å². The van der Waals surface area contributed by atoms with E-state index in [0.29, 0.717) is 13.1 Å². The number of aliphatic hydroxyl groups is 1. The zero-order valence-corrected chi connectivity index (χ0v) is 16.0. The Bertz CT molecular complexity index is 840. The van der Waals surface area contributed by atoms with Crippen molar-refractivity contribution < 1.29 is 9.84 Å². The molecule has 1 fully saturated rings. The first-order valence-electron chi connectivity index (χ1n) is 8.78. The SMILES string of the molecule is Cc1ccc2c(c1)c1cc(Br)ccc1n2CC(O)CN1CCOCC1. The molecular formula is C20H23BrN2O2. The number of β-amino-alcohol motifs (C(OH)–C–C–N with tert-alkyl or cyclic N) is 1. The molecule has 0 saturated carbocycles. The van der Waals surface area contributed by atoms with Crippen LogP contribution >= 0.6 is 15.9 Å². The molecule has 3 aromatic rings. The van der Waals surface area contributed by atoms with Gasteiger partial charge < -0.3 is 14.4 Å². The van der Waals surface area contributed by atoms with E-state index in [9.17, 15) is 5.11 Å². The lowest BCUT2D eigenvalue weighted by molar-refractivity contribution is 0.0119. The average Bonchev–Trinajstić information content (AvgIpc) is 2.88. The normalized spacial score (nSPS) is 17.4. The number of aryl methyl sites for hydroxylation is 1. The molecule has 2 heterocycles. The maximum absolute atomic E-state index is 10.7. The molecule has 0 bridgehead atoms. The Morgan fingerprint density at radius 2 is 1.72 bits per heavy atom. The topological polar surface area (TPSA) is 37.6 Å². The van der Waals surface area contributed by atoms with Crippen molar-refractivity contribution in [2.45, 2.75) is 19.6 Å². The number of aliphatic hydroxyl groups excluding tert-OH is 1. The lowest BCUT2D eigenvalue weighted by atomic mass is 10.1. The minimum Gasteiger partial charge on any atom is -0.390 e. The van der Waals surface area contributed by atoms with Crippen LogP contribution in [-0.2, 0) is 11.3 Å². The molecule has 1 N–H and O–H groups in total. The van der Waals surface area contributed by atoms with E-state index in [1.807, 2.05) is 0 Å². The number of morpholine rings is 1. The van der Waals surface area contributed by atoms with Gasteiger partial charge in [-0.2, -0.15) is 0 Å². The van der Waals surface area contributed by atoms with Gasteiger partial charge in [-0.15, -0.1) is 0 Å². The third kappa shape index (κ3) is 3.47. The van der Waals surface area contributed by atoms with Gasteiger partial charge in [0.2, 0.25) is 0 Å². The Hall–Kier alpha value is -1.40. The second kappa shape index (κ2) is 7.08. The van der Waals surface area contributed by atoms with Gasteiger partial charge in [0.1, 0.15) is 0 Å². The van der Waals surface area contributed by atoms with Crippen LogP contribution in [0.3, 0.4) is 0 Å². The van der Waals surface area contributed by atoms with Gasteiger partial charge in [-0.1, -0.05) is 27.6 Å². The summed E-state index contributed by atoms with van der Waals surface area (Å²) in [4.78, 5) is 2.28. The van der Waals surface area contributed by atoms with E-state index in [1.165, 1.54) is 27.4 Å². The van der Waals surface area contributed by atoms with Crippen LogP contribution in [0.25, 0.3) is 21.8 Å². The van der Waals surface area contributed by atoms with E-state index in [2.05, 4.69) is 68.7 Å². The molecule has 1 atom stereocenters. The molecule has 0 aliphatic carbocycles. The van der Waals surface area contributed by atoms with Crippen molar-refractivity contribution in [3.63, 3.8) is 0 Å². The number of aromatic nitrogens is 1. The molecule has 132 valence electrons. The Balaban J connectivity index is 1.69. The van der Waals surface area contributed by atoms with E-state index in [4.69, 9.17) is 4.74 Å². The van der Waals surface area contributed by atoms with Crippen LogP contribution in [0, 0.1) is 6.92 Å². The van der Waals surface area contributed by atoms with Crippen molar-refractivity contribution in [1.82, 2.24) is 9.47 Å². The minimum atomic E-state index is -0.401. The molecule has 25 heavy (non-hydrogen) atoms. The highest BCUT2D eigenvalue weighted by molar-refractivity contribution is 9.10. The van der Waals surface area contributed by atoms with Gasteiger partial charge >= 0.3 is 0 Å². The van der Waals surface area contributed by atoms with Crippen molar-refractivity contribution in [1.29, 1.82) is 0 Å². The van der Waals surface area contributed by atoms with Crippen LogP contribution in [0.15, 0.2) is 40.9 Å². The van der Waals surface area contributed by atoms with Crippen LogP contribution in [-0.4, -0.2) is 53.5 Å². The average molecular weight is 403 g/mol. The van der Waals surface area contributed by atoms with Gasteiger partial charge in [0, 0.05) is 45.9 Å². The van der Waals surface area contributed by atoms with Gasteiger partial charge in [0.15, 0.2) is 0 Å². The van der Waals surface area contributed by atoms with E-state index < -0.39 is 6.10 Å². The number of fused-ring (bicyclic) bond motifs is 3. The van der Waals surface area contributed by atoms with E-state index in [-0.39, 0.29) is 0 Å². The zero-order valence-electron chi connectivity index (χ0n) is 14.4. The second-order valence-corrected chi connectivity index (χ2v) is 7.78. The zero-order chi connectivity index (χ0) is 17.4. The molecule has 4 nitrogen and oxygen atoms in total. The summed E-state index contributed by atoms with van der Waals surface area (Å²) in [5.74, 6) is 0. The molecule has 0 radical (unpaired) electrons. The maximum Gasteiger partial charge on any atom is 0.0846 e. The summed E-state index contributed by atoms with van der Waals surface area (Å²) in [5.41, 5.74) is 3.60. The largest absolute Gasteiger partial charge is 0.390 e. The first-order valence-corrected chi connectivity index (χ1v) is 9.57. The van der Waals surface area contributed by atoms with Crippen LogP contribution in [0.5, 0.6) is 0 Å². The van der Waals surface area contributed by atoms with E-state index in [0.717, 1.165) is 30.8 Å². The molecule has 2 aromatic carbocycles. The first kappa shape index (κ1) is 17.0. The van der Waals surface area contributed by atoms with Gasteiger partial charge in [-0.3, -0.25) is 4.90 Å². The van der Waals surface area contributed by atoms with Crippen LogP contribution in [0.2, 0.25) is 0 Å². The molecular weight excluding hydrogens is 380 g/mol. The summed E-state index contributed by atoms with van der Waals surface area (Å²) in [7, 11) is 0. The smallest absolute Gasteiger partial charge is 0.0846 e. The van der Waals surface area contributed by atoms with Crippen molar-refractivity contribution in [3.05, 3.63) is 46.4 Å². The van der Waals surface area contributed by atoms with Crippen molar-refractivity contribution >= 4 is 37.7 Å². The van der Waals surface area contributed by atoms with Crippen LogP contribution in [0.1, 0.15) is 5.56 Å². The second-order valence-electron chi connectivity index (χ2n) is 6.86.